The Bertz CT molecular complexity index is 635. The first-order valence-electron chi connectivity index (χ1n) is 6.43. The molecule has 0 radical (unpaired) electrons. The molecule has 0 saturated heterocycles. The van der Waals surface area contributed by atoms with Crippen LogP contribution < -0.4 is 9.47 Å². The van der Waals surface area contributed by atoms with E-state index in [0.29, 0.717) is 23.9 Å². The molecule has 0 fully saturated rings. The number of benzene rings is 1. The van der Waals surface area contributed by atoms with Gasteiger partial charge in [0.05, 0.1) is 6.61 Å². The molecule has 0 amide bonds. The topological polar surface area (TPSA) is 68.9 Å². The number of carbonyl (C=O) groups is 1. The van der Waals surface area contributed by atoms with Gasteiger partial charge in [0.1, 0.15) is 5.76 Å². The molecule has 5 nitrogen and oxygen atoms in total. The summed E-state index contributed by atoms with van der Waals surface area (Å²) in [6.45, 7) is 4.19. The van der Waals surface area contributed by atoms with Crippen molar-refractivity contribution >= 4 is 21.9 Å². The normalized spacial score (nSPS) is 12.0. The van der Waals surface area contributed by atoms with Crippen LogP contribution in [0.4, 0.5) is 0 Å². The van der Waals surface area contributed by atoms with Crippen molar-refractivity contribution in [1.82, 2.24) is 0 Å². The largest absolute Gasteiger partial charge is 0.490 e. The highest BCUT2D eigenvalue weighted by molar-refractivity contribution is 9.10. The van der Waals surface area contributed by atoms with Gasteiger partial charge in [0, 0.05) is 4.47 Å². The molecule has 1 heterocycles. The standard InChI is InChI=1S/C15H15BrO5/c1-3-19-14-8-10(16)4-5-12(14)20-9(2)11-6-7-13(21-11)15(17)18/h4-9H,3H2,1-2H3,(H,17,18). The van der Waals surface area contributed by atoms with E-state index >= 15 is 0 Å². The summed E-state index contributed by atoms with van der Waals surface area (Å²) >= 11 is 3.38. The molecule has 0 saturated carbocycles. The third-order valence-electron chi connectivity index (χ3n) is 2.75. The van der Waals surface area contributed by atoms with Gasteiger partial charge in [0.15, 0.2) is 17.6 Å². The van der Waals surface area contributed by atoms with Crippen LogP contribution >= 0.6 is 15.9 Å². The fourth-order valence-corrected chi connectivity index (χ4v) is 2.12. The predicted octanol–water partition coefficient (Wildman–Crippen LogP) is 4.28. The Kier molecular flexibility index (Phi) is 4.90. The highest BCUT2D eigenvalue weighted by Gasteiger charge is 2.17. The first-order valence-corrected chi connectivity index (χ1v) is 7.22. The number of ether oxygens (including phenoxy) is 2. The van der Waals surface area contributed by atoms with E-state index < -0.39 is 12.1 Å². The van der Waals surface area contributed by atoms with Crippen LogP contribution in [0.5, 0.6) is 11.5 Å². The van der Waals surface area contributed by atoms with Crippen molar-refractivity contribution in [2.24, 2.45) is 0 Å². The van der Waals surface area contributed by atoms with Crippen LogP contribution in [-0.2, 0) is 0 Å². The Morgan fingerprint density at radius 1 is 1.33 bits per heavy atom. The molecule has 1 aromatic carbocycles. The molecule has 1 atom stereocenters. The Morgan fingerprint density at radius 2 is 2.10 bits per heavy atom. The molecule has 2 rings (SSSR count). The van der Waals surface area contributed by atoms with Crippen LogP contribution in [0.25, 0.3) is 0 Å². The number of furan rings is 1. The van der Waals surface area contributed by atoms with Gasteiger partial charge in [-0.2, -0.15) is 0 Å². The summed E-state index contributed by atoms with van der Waals surface area (Å²) < 4.78 is 17.4. The summed E-state index contributed by atoms with van der Waals surface area (Å²) in [5.74, 6) is 0.413. The summed E-state index contributed by atoms with van der Waals surface area (Å²) in [5, 5.41) is 8.85. The minimum atomic E-state index is -1.10. The third kappa shape index (κ3) is 3.78. The molecule has 21 heavy (non-hydrogen) atoms. The third-order valence-corrected chi connectivity index (χ3v) is 3.24. The van der Waals surface area contributed by atoms with Gasteiger partial charge in [-0.15, -0.1) is 0 Å². The first-order chi connectivity index (χ1) is 10.0. The number of hydrogen-bond acceptors (Lipinski definition) is 4. The molecule has 0 spiro atoms. The number of aromatic carboxylic acids is 1. The molecule has 0 bridgehead atoms. The van der Waals surface area contributed by atoms with E-state index in [-0.39, 0.29) is 5.76 Å². The van der Waals surface area contributed by atoms with Crippen molar-refractivity contribution in [1.29, 1.82) is 0 Å². The van der Waals surface area contributed by atoms with Crippen LogP contribution in [0.3, 0.4) is 0 Å². The Morgan fingerprint density at radius 3 is 2.71 bits per heavy atom. The molecule has 2 aromatic rings. The Balaban J connectivity index is 2.18. The lowest BCUT2D eigenvalue weighted by atomic mass is 10.3. The zero-order valence-electron chi connectivity index (χ0n) is 11.6. The number of hydrogen-bond donors (Lipinski definition) is 1. The molecular weight excluding hydrogens is 340 g/mol. The summed E-state index contributed by atoms with van der Waals surface area (Å²) in [5.41, 5.74) is 0. The molecule has 1 N–H and O–H groups in total. The van der Waals surface area contributed by atoms with Crippen molar-refractivity contribution in [2.75, 3.05) is 6.61 Å². The fraction of sp³-hybridized carbons (Fsp3) is 0.267. The van der Waals surface area contributed by atoms with Gasteiger partial charge in [-0.3, -0.25) is 0 Å². The van der Waals surface area contributed by atoms with E-state index in [0.717, 1.165) is 4.47 Å². The highest BCUT2D eigenvalue weighted by Crippen LogP contribution is 2.34. The number of carboxylic acid groups (broad SMARTS) is 1. The molecular formula is C15H15BrO5. The van der Waals surface area contributed by atoms with Gasteiger partial charge in [0.2, 0.25) is 5.76 Å². The quantitative estimate of drug-likeness (QED) is 0.838. The predicted molar refractivity (Wildman–Crippen MR) is 80.0 cm³/mol. The maximum absolute atomic E-state index is 10.8. The van der Waals surface area contributed by atoms with Crippen molar-refractivity contribution < 1.29 is 23.8 Å². The van der Waals surface area contributed by atoms with Gasteiger partial charge in [-0.25, -0.2) is 4.79 Å². The second kappa shape index (κ2) is 6.67. The first kappa shape index (κ1) is 15.4. The van der Waals surface area contributed by atoms with Crippen molar-refractivity contribution in [2.45, 2.75) is 20.0 Å². The average Bonchev–Trinajstić information content (AvgIpc) is 2.92. The summed E-state index contributed by atoms with van der Waals surface area (Å²) in [6, 6.07) is 8.44. The summed E-state index contributed by atoms with van der Waals surface area (Å²) in [4.78, 5) is 10.8. The molecule has 6 heteroatoms. The van der Waals surface area contributed by atoms with E-state index in [4.69, 9.17) is 19.0 Å². The molecule has 0 aliphatic rings. The second-order valence-corrected chi connectivity index (χ2v) is 5.21. The van der Waals surface area contributed by atoms with Crippen molar-refractivity contribution in [3.63, 3.8) is 0 Å². The van der Waals surface area contributed by atoms with E-state index in [9.17, 15) is 4.79 Å². The zero-order valence-corrected chi connectivity index (χ0v) is 13.2. The molecule has 1 unspecified atom stereocenters. The minimum Gasteiger partial charge on any atom is -0.490 e. The SMILES string of the molecule is CCOc1cc(Br)ccc1OC(C)c1ccc(C(=O)O)o1. The van der Waals surface area contributed by atoms with E-state index in [2.05, 4.69) is 15.9 Å². The van der Waals surface area contributed by atoms with Crippen LogP contribution in [0.1, 0.15) is 36.3 Å². The van der Waals surface area contributed by atoms with Gasteiger partial charge in [-0.05, 0) is 44.2 Å². The smallest absolute Gasteiger partial charge is 0.371 e. The number of carboxylic acids is 1. The fourth-order valence-electron chi connectivity index (χ4n) is 1.78. The lowest BCUT2D eigenvalue weighted by Gasteiger charge is -2.16. The van der Waals surface area contributed by atoms with Crippen LogP contribution in [0.2, 0.25) is 0 Å². The van der Waals surface area contributed by atoms with Gasteiger partial charge in [-0.1, -0.05) is 15.9 Å². The second-order valence-electron chi connectivity index (χ2n) is 4.29. The van der Waals surface area contributed by atoms with Crippen molar-refractivity contribution in [3.05, 3.63) is 46.3 Å². The van der Waals surface area contributed by atoms with Crippen LogP contribution in [0, 0.1) is 0 Å². The summed E-state index contributed by atoms with van der Waals surface area (Å²) in [6.07, 6.45) is -0.432. The molecule has 0 aliphatic carbocycles. The maximum Gasteiger partial charge on any atom is 0.371 e. The minimum absolute atomic E-state index is 0.110. The Hall–Kier alpha value is -1.95. The van der Waals surface area contributed by atoms with Crippen LogP contribution in [-0.4, -0.2) is 17.7 Å². The highest BCUT2D eigenvalue weighted by atomic mass is 79.9. The van der Waals surface area contributed by atoms with E-state index in [1.807, 2.05) is 19.1 Å². The average molecular weight is 355 g/mol. The molecule has 0 aliphatic heterocycles. The Labute approximate surface area is 130 Å². The summed E-state index contributed by atoms with van der Waals surface area (Å²) in [7, 11) is 0. The van der Waals surface area contributed by atoms with E-state index in [1.165, 1.54) is 6.07 Å². The monoisotopic (exact) mass is 354 g/mol. The number of halogens is 1. The maximum atomic E-state index is 10.8. The van der Waals surface area contributed by atoms with Gasteiger partial charge >= 0.3 is 5.97 Å². The van der Waals surface area contributed by atoms with Gasteiger partial charge in [0.25, 0.3) is 0 Å². The molecule has 1 aromatic heterocycles. The zero-order chi connectivity index (χ0) is 15.4. The lowest BCUT2D eigenvalue weighted by Crippen LogP contribution is -2.04. The van der Waals surface area contributed by atoms with Crippen LogP contribution in [0.15, 0.2) is 39.2 Å². The van der Waals surface area contributed by atoms with Gasteiger partial charge < -0.3 is 19.0 Å². The lowest BCUT2D eigenvalue weighted by molar-refractivity contribution is 0.0655. The number of rotatable bonds is 6. The molecule has 112 valence electrons. The van der Waals surface area contributed by atoms with Crippen molar-refractivity contribution in [3.8, 4) is 11.5 Å². The van der Waals surface area contributed by atoms with E-state index in [1.54, 1.807) is 19.1 Å².